The van der Waals surface area contributed by atoms with Gasteiger partial charge in [-0.15, -0.1) is 0 Å². The Hall–Kier alpha value is -1.06. The van der Waals surface area contributed by atoms with E-state index in [0.29, 0.717) is 18.0 Å². The highest BCUT2D eigenvalue weighted by atomic mass is 16.5. The van der Waals surface area contributed by atoms with Crippen LogP contribution in [0.15, 0.2) is 18.2 Å². The summed E-state index contributed by atoms with van der Waals surface area (Å²) in [4.78, 5) is 0. The van der Waals surface area contributed by atoms with Crippen molar-refractivity contribution in [1.29, 1.82) is 0 Å². The largest absolute Gasteiger partial charge is 0.497 e. The molecule has 110 valence electrons. The van der Waals surface area contributed by atoms with Crippen molar-refractivity contribution < 1.29 is 9.47 Å². The summed E-state index contributed by atoms with van der Waals surface area (Å²) >= 11 is 0. The van der Waals surface area contributed by atoms with E-state index in [2.05, 4.69) is 30.4 Å². The zero-order chi connectivity index (χ0) is 13.9. The van der Waals surface area contributed by atoms with Crippen molar-refractivity contribution in [3.8, 4) is 5.75 Å². The van der Waals surface area contributed by atoms with Gasteiger partial charge in [-0.3, -0.25) is 0 Å². The number of aryl methyl sites for hydroxylation is 1. The second kappa shape index (κ2) is 6.15. The molecule has 1 saturated heterocycles. The molecule has 1 heterocycles. The fraction of sp³-hybridized carbons (Fsp3) is 0.647. The molecule has 0 spiro atoms. The van der Waals surface area contributed by atoms with Crippen molar-refractivity contribution in [3.63, 3.8) is 0 Å². The standard InChI is InChI=1S/C17H25NO2/c1-12(14-8-9-20-11-14)18-17-5-3-4-13-10-15(19-2)6-7-16(13)17/h6-7,10,12,14,17-18H,3-5,8-9,11H2,1-2H3. The average molecular weight is 275 g/mol. The van der Waals surface area contributed by atoms with Crippen molar-refractivity contribution in [3.05, 3.63) is 29.3 Å². The molecular weight excluding hydrogens is 250 g/mol. The molecule has 3 heteroatoms. The molecule has 20 heavy (non-hydrogen) atoms. The third-order valence-electron chi connectivity index (χ3n) is 4.80. The lowest BCUT2D eigenvalue weighted by molar-refractivity contribution is 0.176. The third kappa shape index (κ3) is 2.84. The van der Waals surface area contributed by atoms with E-state index in [1.807, 2.05) is 0 Å². The number of rotatable bonds is 4. The Labute approximate surface area is 121 Å². The van der Waals surface area contributed by atoms with Crippen molar-refractivity contribution in [1.82, 2.24) is 5.32 Å². The summed E-state index contributed by atoms with van der Waals surface area (Å²) in [6.07, 6.45) is 4.85. The van der Waals surface area contributed by atoms with E-state index < -0.39 is 0 Å². The Kier molecular flexibility index (Phi) is 4.27. The lowest BCUT2D eigenvalue weighted by atomic mass is 9.86. The van der Waals surface area contributed by atoms with Gasteiger partial charge in [-0.25, -0.2) is 0 Å². The maximum Gasteiger partial charge on any atom is 0.119 e. The molecule has 0 radical (unpaired) electrons. The predicted molar refractivity (Wildman–Crippen MR) is 80.2 cm³/mol. The minimum Gasteiger partial charge on any atom is -0.497 e. The molecule has 1 aromatic carbocycles. The van der Waals surface area contributed by atoms with Gasteiger partial charge >= 0.3 is 0 Å². The molecule has 1 aliphatic carbocycles. The van der Waals surface area contributed by atoms with Gasteiger partial charge in [-0.1, -0.05) is 6.07 Å². The van der Waals surface area contributed by atoms with Gasteiger partial charge in [0.25, 0.3) is 0 Å². The number of hydrogen-bond acceptors (Lipinski definition) is 3. The second-order valence-corrected chi connectivity index (χ2v) is 6.09. The van der Waals surface area contributed by atoms with E-state index >= 15 is 0 Å². The van der Waals surface area contributed by atoms with Gasteiger partial charge in [-0.05, 0) is 61.8 Å². The maximum atomic E-state index is 5.51. The molecule has 1 N–H and O–H groups in total. The molecule has 3 unspecified atom stereocenters. The smallest absolute Gasteiger partial charge is 0.119 e. The van der Waals surface area contributed by atoms with Crippen LogP contribution in [0.2, 0.25) is 0 Å². The first-order valence-corrected chi connectivity index (χ1v) is 7.78. The highest BCUT2D eigenvalue weighted by Crippen LogP contribution is 2.33. The van der Waals surface area contributed by atoms with Gasteiger partial charge in [0.15, 0.2) is 0 Å². The minimum atomic E-state index is 0.486. The summed E-state index contributed by atoms with van der Waals surface area (Å²) in [7, 11) is 1.74. The van der Waals surface area contributed by atoms with Gasteiger partial charge in [0.05, 0.1) is 13.7 Å². The molecule has 3 rings (SSSR count). The van der Waals surface area contributed by atoms with E-state index in [-0.39, 0.29) is 0 Å². The number of ether oxygens (including phenoxy) is 2. The van der Waals surface area contributed by atoms with E-state index in [4.69, 9.17) is 9.47 Å². The van der Waals surface area contributed by atoms with E-state index in [9.17, 15) is 0 Å². The molecule has 0 bridgehead atoms. The summed E-state index contributed by atoms with van der Waals surface area (Å²) in [6.45, 7) is 4.14. The summed E-state index contributed by atoms with van der Waals surface area (Å²) in [5.74, 6) is 1.64. The third-order valence-corrected chi connectivity index (χ3v) is 4.80. The Bertz CT molecular complexity index is 454. The molecular formula is C17H25NO2. The van der Waals surface area contributed by atoms with Crippen LogP contribution in [0, 0.1) is 5.92 Å². The minimum absolute atomic E-state index is 0.486. The molecule has 1 aromatic rings. The van der Waals surface area contributed by atoms with Gasteiger partial charge in [0.2, 0.25) is 0 Å². The van der Waals surface area contributed by atoms with E-state index in [1.165, 1.54) is 36.8 Å². The Morgan fingerprint density at radius 3 is 3.00 bits per heavy atom. The number of methoxy groups -OCH3 is 1. The Balaban J connectivity index is 1.72. The first kappa shape index (κ1) is 13.9. The zero-order valence-electron chi connectivity index (χ0n) is 12.5. The van der Waals surface area contributed by atoms with Crippen LogP contribution in [0.3, 0.4) is 0 Å². The number of benzene rings is 1. The van der Waals surface area contributed by atoms with Gasteiger partial charge in [0, 0.05) is 18.7 Å². The van der Waals surface area contributed by atoms with Gasteiger partial charge in [0.1, 0.15) is 5.75 Å². The molecule has 3 nitrogen and oxygen atoms in total. The van der Waals surface area contributed by atoms with Crippen LogP contribution in [0.5, 0.6) is 5.75 Å². The van der Waals surface area contributed by atoms with Crippen LogP contribution in [0.1, 0.15) is 43.4 Å². The molecule has 0 saturated carbocycles. The fourth-order valence-electron chi connectivity index (χ4n) is 3.49. The lowest BCUT2D eigenvalue weighted by Gasteiger charge is -2.31. The fourth-order valence-corrected chi connectivity index (χ4v) is 3.49. The summed E-state index contributed by atoms with van der Waals surface area (Å²) in [5, 5.41) is 3.83. The van der Waals surface area contributed by atoms with Crippen LogP contribution in [-0.4, -0.2) is 26.4 Å². The lowest BCUT2D eigenvalue weighted by Crippen LogP contribution is -2.38. The van der Waals surface area contributed by atoms with Gasteiger partial charge < -0.3 is 14.8 Å². The van der Waals surface area contributed by atoms with Crippen molar-refractivity contribution in [2.45, 2.75) is 44.7 Å². The summed E-state index contributed by atoms with van der Waals surface area (Å²) in [6, 6.07) is 7.54. The van der Waals surface area contributed by atoms with Gasteiger partial charge in [-0.2, -0.15) is 0 Å². The van der Waals surface area contributed by atoms with Crippen LogP contribution in [-0.2, 0) is 11.2 Å². The normalized spacial score (nSPS) is 27.1. The zero-order valence-corrected chi connectivity index (χ0v) is 12.5. The summed E-state index contributed by atoms with van der Waals surface area (Å²) < 4.78 is 10.9. The molecule has 1 aliphatic heterocycles. The highest BCUT2D eigenvalue weighted by molar-refractivity contribution is 5.39. The average Bonchev–Trinajstić information content (AvgIpc) is 3.01. The van der Waals surface area contributed by atoms with Crippen LogP contribution >= 0.6 is 0 Å². The van der Waals surface area contributed by atoms with E-state index in [0.717, 1.165) is 19.0 Å². The second-order valence-electron chi connectivity index (χ2n) is 6.09. The molecule has 0 amide bonds. The Morgan fingerprint density at radius 2 is 2.25 bits per heavy atom. The van der Waals surface area contributed by atoms with Crippen LogP contribution in [0.25, 0.3) is 0 Å². The highest BCUT2D eigenvalue weighted by Gasteiger charge is 2.27. The predicted octanol–water partition coefficient (Wildman–Crippen LogP) is 3.09. The summed E-state index contributed by atoms with van der Waals surface area (Å²) in [5.41, 5.74) is 2.91. The first-order chi connectivity index (χ1) is 9.78. The topological polar surface area (TPSA) is 30.5 Å². The number of hydrogen-bond donors (Lipinski definition) is 1. The number of nitrogens with one attached hydrogen (secondary N) is 1. The van der Waals surface area contributed by atoms with Crippen molar-refractivity contribution >= 4 is 0 Å². The molecule has 3 atom stereocenters. The van der Waals surface area contributed by atoms with E-state index in [1.54, 1.807) is 7.11 Å². The van der Waals surface area contributed by atoms with Crippen molar-refractivity contribution in [2.75, 3.05) is 20.3 Å². The molecule has 2 aliphatic rings. The molecule has 1 fully saturated rings. The number of fused-ring (bicyclic) bond motifs is 1. The molecule has 0 aromatic heterocycles. The van der Waals surface area contributed by atoms with Crippen LogP contribution in [0.4, 0.5) is 0 Å². The van der Waals surface area contributed by atoms with Crippen LogP contribution < -0.4 is 10.1 Å². The first-order valence-electron chi connectivity index (χ1n) is 7.78. The Morgan fingerprint density at radius 1 is 1.35 bits per heavy atom. The quantitative estimate of drug-likeness (QED) is 0.916. The monoisotopic (exact) mass is 275 g/mol. The van der Waals surface area contributed by atoms with Crippen molar-refractivity contribution in [2.24, 2.45) is 5.92 Å². The SMILES string of the molecule is COc1ccc2c(c1)CCCC2NC(C)C1CCOC1. The maximum absolute atomic E-state index is 5.51.